The van der Waals surface area contributed by atoms with E-state index in [0.29, 0.717) is 13.0 Å². The highest BCUT2D eigenvalue weighted by Crippen LogP contribution is 1.92. The van der Waals surface area contributed by atoms with Crippen molar-refractivity contribution in [3.8, 4) is 0 Å². The van der Waals surface area contributed by atoms with E-state index in [1.165, 1.54) is 0 Å². The van der Waals surface area contributed by atoms with Gasteiger partial charge in [-0.15, -0.1) is 0 Å². The van der Waals surface area contributed by atoms with Crippen LogP contribution in [0.5, 0.6) is 0 Å². The minimum absolute atomic E-state index is 0.333. The zero-order valence-corrected chi connectivity index (χ0v) is 7.28. The number of nitrogens with zero attached hydrogens (tertiary/aromatic N) is 2. The van der Waals surface area contributed by atoms with Crippen molar-refractivity contribution in [1.29, 1.82) is 0 Å². The highest BCUT2D eigenvalue weighted by Gasteiger charge is 2.02. The van der Waals surface area contributed by atoms with Crippen LogP contribution in [0.15, 0.2) is 22.1 Å². The van der Waals surface area contributed by atoms with E-state index in [2.05, 4.69) is 20.2 Å². The first-order valence-electron chi connectivity index (χ1n) is 4.12. The molecule has 14 heavy (non-hydrogen) atoms. The molecule has 0 fully saturated rings. The Hall–Kier alpha value is -2.05. The summed E-state index contributed by atoms with van der Waals surface area (Å²) in [6.45, 7) is 0.333. The largest absolute Gasteiger partial charge is 0.348 e. The van der Waals surface area contributed by atoms with Gasteiger partial charge >= 0.3 is 11.4 Å². The molecule has 2 rings (SSSR count). The van der Waals surface area contributed by atoms with Crippen molar-refractivity contribution in [3.63, 3.8) is 0 Å². The molecule has 7 nitrogen and oxygen atoms in total. The van der Waals surface area contributed by atoms with Gasteiger partial charge in [-0.1, -0.05) is 0 Å². The fourth-order valence-corrected chi connectivity index (χ4v) is 1.19. The van der Waals surface area contributed by atoms with Crippen LogP contribution in [0.1, 0.15) is 5.69 Å². The maximum Gasteiger partial charge on any atom is 0.344 e. The molecule has 0 saturated heterocycles. The molecule has 0 atom stereocenters. The van der Waals surface area contributed by atoms with Gasteiger partial charge in [-0.25, -0.2) is 29.3 Å². The quantitative estimate of drug-likeness (QED) is 0.575. The number of hydrogen-bond donors (Lipinski definition) is 3. The fraction of sp³-hybridized carbons (Fsp3) is 0.286. The van der Waals surface area contributed by atoms with Gasteiger partial charge in [-0.05, 0) is 0 Å². The van der Waals surface area contributed by atoms with Crippen LogP contribution in [0, 0.1) is 0 Å². The standard InChI is InChI=1S/C7H9N5O2/c13-6-10-11-7(14)12(6)2-1-5-3-8-4-9-5/h3-4H,1-2H2,(H,8,9)(H,10,13)(H,11,14). The highest BCUT2D eigenvalue weighted by atomic mass is 16.2. The molecular formula is C7H9N5O2. The Kier molecular flexibility index (Phi) is 2.05. The number of aromatic amines is 3. The van der Waals surface area contributed by atoms with Crippen molar-refractivity contribution >= 4 is 0 Å². The predicted octanol–water partition coefficient (Wildman–Crippen LogP) is -1.17. The number of aromatic nitrogens is 5. The van der Waals surface area contributed by atoms with E-state index >= 15 is 0 Å². The summed E-state index contributed by atoms with van der Waals surface area (Å²) in [5.74, 6) is 0. The van der Waals surface area contributed by atoms with Crippen LogP contribution >= 0.6 is 0 Å². The van der Waals surface area contributed by atoms with Gasteiger partial charge in [0.15, 0.2) is 0 Å². The summed E-state index contributed by atoms with van der Waals surface area (Å²) in [5, 5.41) is 4.42. The first kappa shape index (κ1) is 8.54. The fourth-order valence-electron chi connectivity index (χ4n) is 1.19. The number of rotatable bonds is 3. The summed E-state index contributed by atoms with van der Waals surface area (Å²) in [4.78, 5) is 28.8. The average Bonchev–Trinajstić information content (AvgIpc) is 2.76. The zero-order valence-electron chi connectivity index (χ0n) is 7.28. The summed E-state index contributed by atoms with van der Waals surface area (Å²) in [6, 6.07) is 0. The van der Waals surface area contributed by atoms with E-state index in [4.69, 9.17) is 0 Å². The first-order valence-corrected chi connectivity index (χ1v) is 4.12. The van der Waals surface area contributed by atoms with Crippen LogP contribution in [-0.4, -0.2) is 24.7 Å². The normalized spacial score (nSPS) is 10.6. The molecule has 0 spiro atoms. The van der Waals surface area contributed by atoms with Crippen LogP contribution in [0.4, 0.5) is 0 Å². The highest BCUT2D eigenvalue weighted by molar-refractivity contribution is 4.93. The topological polar surface area (TPSA) is 99.3 Å². The predicted molar refractivity (Wildman–Crippen MR) is 48.0 cm³/mol. The van der Waals surface area contributed by atoms with E-state index < -0.39 is 11.4 Å². The van der Waals surface area contributed by atoms with Crippen molar-refractivity contribution in [3.05, 3.63) is 39.2 Å². The molecule has 74 valence electrons. The second-order valence-electron chi connectivity index (χ2n) is 2.84. The lowest BCUT2D eigenvalue weighted by Gasteiger charge is -1.95. The Morgan fingerprint density at radius 3 is 2.57 bits per heavy atom. The third kappa shape index (κ3) is 1.51. The molecule has 2 aromatic rings. The molecule has 0 saturated carbocycles. The summed E-state index contributed by atoms with van der Waals surface area (Å²) >= 11 is 0. The summed E-state index contributed by atoms with van der Waals surface area (Å²) < 4.78 is 1.10. The lowest BCUT2D eigenvalue weighted by atomic mass is 10.3. The Morgan fingerprint density at radius 2 is 2.00 bits per heavy atom. The van der Waals surface area contributed by atoms with Gasteiger partial charge in [-0.2, -0.15) is 0 Å². The Balaban J connectivity index is 2.13. The average molecular weight is 195 g/mol. The van der Waals surface area contributed by atoms with Crippen LogP contribution in [-0.2, 0) is 13.0 Å². The number of nitrogens with one attached hydrogen (secondary N) is 3. The maximum atomic E-state index is 11.0. The molecule has 3 N–H and O–H groups in total. The SMILES string of the molecule is O=c1[nH][nH]c(=O)n1CCc1cnc[nH]1. The van der Waals surface area contributed by atoms with Gasteiger partial charge in [0.2, 0.25) is 0 Å². The second-order valence-corrected chi connectivity index (χ2v) is 2.84. The summed E-state index contributed by atoms with van der Waals surface area (Å²) in [7, 11) is 0. The van der Waals surface area contributed by atoms with Gasteiger partial charge in [0.25, 0.3) is 0 Å². The van der Waals surface area contributed by atoms with Crippen molar-refractivity contribution in [2.75, 3.05) is 0 Å². The molecule has 2 aromatic heterocycles. The third-order valence-corrected chi connectivity index (χ3v) is 1.93. The Morgan fingerprint density at radius 1 is 1.29 bits per heavy atom. The van der Waals surface area contributed by atoms with Gasteiger partial charge in [0, 0.05) is 24.9 Å². The maximum absolute atomic E-state index is 11.0. The van der Waals surface area contributed by atoms with Crippen LogP contribution in [0.25, 0.3) is 0 Å². The van der Waals surface area contributed by atoms with Crippen LogP contribution < -0.4 is 11.4 Å². The third-order valence-electron chi connectivity index (χ3n) is 1.93. The van der Waals surface area contributed by atoms with Gasteiger partial charge < -0.3 is 4.98 Å². The Bertz CT molecular complexity index is 475. The lowest BCUT2D eigenvalue weighted by molar-refractivity contribution is 0.644. The summed E-state index contributed by atoms with van der Waals surface area (Å²) in [6.07, 6.45) is 3.78. The molecule has 2 heterocycles. The van der Waals surface area contributed by atoms with E-state index in [-0.39, 0.29) is 0 Å². The smallest absolute Gasteiger partial charge is 0.344 e. The van der Waals surface area contributed by atoms with Crippen molar-refractivity contribution < 1.29 is 0 Å². The molecule has 0 amide bonds. The van der Waals surface area contributed by atoms with E-state index in [1.54, 1.807) is 12.5 Å². The van der Waals surface area contributed by atoms with Gasteiger partial charge in [-0.3, -0.25) is 0 Å². The van der Waals surface area contributed by atoms with Crippen LogP contribution in [0.2, 0.25) is 0 Å². The first-order chi connectivity index (χ1) is 6.77. The molecule has 0 aromatic carbocycles. The van der Waals surface area contributed by atoms with E-state index in [0.717, 1.165) is 10.3 Å². The molecule has 0 bridgehead atoms. The number of aryl methyl sites for hydroxylation is 1. The second kappa shape index (κ2) is 3.36. The number of imidazole rings is 1. The van der Waals surface area contributed by atoms with Crippen molar-refractivity contribution in [2.45, 2.75) is 13.0 Å². The number of hydrogen-bond acceptors (Lipinski definition) is 3. The molecule has 0 aliphatic carbocycles. The number of H-pyrrole nitrogens is 3. The van der Waals surface area contributed by atoms with Crippen molar-refractivity contribution in [2.24, 2.45) is 0 Å². The molecule has 0 aliphatic heterocycles. The molecular weight excluding hydrogens is 186 g/mol. The zero-order chi connectivity index (χ0) is 9.97. The molecule has 0 radical (unpaired) electrons. The van der Waals surface area contributed by atoms with E-state index in [1.807, 2.05) is 0 Å². The molecule has 0 unspecified atom stereocenters. The molecule has 0 aliphatic rings. The van der Waals surface area contributed by atoms with Gasteiger partial charge in [0.05, 0.1) is 6.33 Å². The minimum Gasteiger partial charge on any atom is -0.348 e. The minimum atomic E-state index is -0.422. The Labute approximate surface area is 77.8 Å². The van der Waals surface area contributed by atoms with E-state index in [9.17, 15) is 9.59 Å². The molecule has 7 heteroatoms. The summed E-state index contributed by atoms with van der Waals surface area (Å²) in [5.41, 5.74) is 0.0431. The monoisotopic (exact) mass is 195 g/mol. The van der Waals surface area contributed by atoms with Crippen molar-refractivity contribution in [1.82, 2.24) is 24.7 Å². The van der Waals surface area contributed by atoms with Crippen LogP contribution in [0.3, 0.4) is 0 Å². The van der Waals surface area contributed by atoms with Gasteiger partial charge in [0.1, 0.15) is 0 Å². The lowest BCUT2D eigenvalue weighted by Crippen LogP contribution is -2.27.